The number of hydrogen-bond donors (Lipinski definition) is 3. The van der Waals surface area contributed by atoms with Crippen molar-refractivity contribution in [2.75, 3.05) is 20.8 Å². The summed E-state index contributed by atoms with van der Waals surface area (Å²) in [6.45, 7) is -0.304. The van der Waals surface area contributed by atoms with E-state index in [1.54, 1.807) is 0 Å². The van der Waals surface area contributed by atoms with Gasteiger partial charge in [-0.1, -0.05) is 0 Å². The van der Waals surface area contributed by atoms with Gasteiger partial charge in [-0.25, -0.2) is 4.79 Å². The molecule has 0 spiro atoms. The molecule has 0 aliphatic rings. The lowest BCUT2D eigenvalue weighted by Gasteiger charge is -2.16. The van der Waals surface area contributed by atoms with E-state index >= 15 is 0 Å². The Morgan fingerprint density at radius 1 is 1.35 bits per heavy atom. The van der Waals surface area contributed by atoms with E-state index in [1.165, 1.54) is 26.4 Å². The summed E-state index contributed by atoms with van der Waals surface area (Å²) in [6, 6.07) is 2.09. The predicted octanol–water partition coefficient (Wildman–Crippen LogP) is 0.394. The van der Waals surface area contributed by atoms with Gasteiger partial charge < -0.3 is 25.4 Å². The number of aliphatic hydroxyl groups is 1. The average molecular weight is 241 g/mol. The lowest BCUT2D eigenvalue weighted by atomic mass is 10.0. The summed E-state index contributed by atoms with van der Waals surface area (Å²) < 4.78 is 10.0. The number of carboxylic acid groups (broad SMARTS) is 1. The Balaban J connectivity index is 3.38. The number of aromatic carboxylic acids is 1. The Kier molecular flexibility index (Phi) is 4.30. The lowest BCUT2D eigenvalue weighted by Crippen LogP contribution is -2.16. The van der Waals surface area contributed by atoms with Gasteiger partial charge in [0, 0.05) is 11.6 Å². The molecule has 0 amide bonds. The molecule has 0 bridgehead atoms. The minimum absolute atomic E-state index is 0.0211. The molecule has 0 fully saturated rings. The maximum absolute atomic E-state index is 11.0. The van der Waals surface area contributed by atoms with Gasteiger partial charge in [0.2, 0.25) is 0 Å². The number of carbonyl (C=O) groups is 1. The molecule has 0 aliphatic heterocycles. The van der Waals surface area contributed by atoms with Crippen LogP contribution in [0.5, 0.6) is 11.5 Å². The highest BCUT2D eigenvalue weighted by atomic mass is 16.5. The van der Waals surface area contributed by atoms with Crippen LogP contribution in [0.2, 0.25) is 0 Å². The Labute approximate surface area is 98.6 Å². The molecule has 0 aliphatic carbocycles. The third-order valence-electron chi connectivity index (χ3n) is 2.38. The molecule has 94 valence electrons. The minimum Gasteiger partial charge on any atom is -0.496 e. The summed E-state index contributed by atoms with van der Waals surface area (Å²) >= 11 is 0. The van der Waals surface area contributed by atoms with E-state index in [0.717, 1.165) is 0 Å². The van der Waals surface area contributed by atoms with Crippen LogP contribution in [0.15, 0.2) is 12.1 Å². The van der Waals surface area contributed by atoms with Gasteiger partial charge in [-0.2, -0.15) is 0 Å². The van der Waals surface area contributed by atoms with E-state index in [0.29, 0.717) is 11.3 Å². The minimum atomic E-state index is -1.13. The van der Waals surface area contributed by atoms with E-state index in [4.69, 9.17) is 25.4 Å². The van der Waals surface area contributed by atoms with Crippen LogP contribution in [0.25, 0.3) is 0 Å². The first-order valence-electron chi connectivity index (χ1n) is 4.90. The smallest absolute Gasteiger partial charge is 0.339 e. The van der Waals surface area contributed by atoms with Gasteiger partial charge in [0.1, 0.15) is 17.1 Å². The van der Waals surface area contributed by atoms with Crippen LogP contribution in [0.1, 0.15) is 22.0 Å². The second-order valence-corrected chi connectivity index (χ2v) is 3.39. The highest BCUT2D eigenvalue weighted by Crippen LogP contribution is 2.32. The van der Waals surface area contributed by atoms with Crippen LogP contribution >= 0.6 is 0 Å². The first-order chi connectivity index (χ1) is 8.04. The average Bonchev–Trinajstić information content (AvgIpc) is 2.35. The van der Waals surface area contributed by atoms with E-state index in [2.05, 4.69) is 0 Å². The van der Waals surface area contributed by atoms with E-state index in [-0.39, 0.29) is 17.9 Å². The van der Waals surface area contributed by atoms with Crippen molar-refractivity contribution in [3.8, 4) is 11.5 Å². The van der Waals surface area contributed by atoms with Crippen molar-refractivity contribution < 1.29 is 24.5 Å². The summed E-state index contributed by atoms with van der Waals surface area (Å²) in [4.78, 5) is 11.0. The van der Waals surface area contributed by atoms with E-state index < -0.39 is 12.0 Å². The highest BCUT2D eigenvalue weighted by Gasteiger charge is 2.19. The van der Waals surface area contributed by atoms with Crippen molar-refractivity contribution >= 4 is 5.97 Å². The van der Waals surface area contributed by atoms with E-state index in [1.807, 2.05) is 0 Å². The van der Waals surface area contributed by atoms with Crippen LogP contribution in [0.3, 0.4) is 0 Å². The largest absolute Gasteiger partial charge is 0.496 e. The SMILES string of the molecule is COc1cc(OC)c([C@@H](N)CO)cc1C(=O)O. The first kappa shape index (κ1) is 13.3. The zero-order valence-electron chi connectivity index (χ0n) is 9.64. The van der Waals surface area contributed by atoms with Gasteiger partial charge in [-0.3, -0.25) is 0 Å². The fourth-order valence-electron chi connectivity index (χ4n) is 1.48. The summed E-state index contributed by atoms with van der Waals surface area (Å²) in [7, 11) is 2.80. The summed E-state index contributed by atoms with van der Waals surface area (Å²) in [5, 5.41) is 18.0. The molecule has 1 aromatic carbocycles. The Hall–Kier alpha value is -1.79. The number of rotatable bonds is 5. The molecule has 1 aromatic rings. The lowest BCUT2D eigenvalue weighted by molar-refractivity contribution is 0.0693. The van der Waals surface area contributed by atoms with Crippen molar-refractivity contribution in [2.24, 2.45) is 5.73 Å². The number of nitrogens with two attached hydrogens (primary N) is 1. The Morgan fingerprint density at radius 3 is 2.35 bits per heavy atom. The van der Waals surface area contributed by atoms with Gasteiger partial charge >= 0.3 is 5.97 Å². The molecular formula is C11H15NO5. The highest BCUT2D eigenvalue weighted by molar-refractivity contribution is 5.91. The first-order valence-corrected chi connectivity index (χ1v) is 4.90. The molecule has 0 radical (unpaired) electrons. The van der Waals surface area contributed by atoms with Gasteiger partial charge in [0.15, 0.2) is 0 Å². The number of ether oxygens (including phenoxy) is 2. The monoisotopic (exact) mass is 241 g/mol. The van der Waals surface area contributed by atoms with Crippen LogP contribution in [-0.4, -0.2) is 37.0 Å². The molecule has 1 atom stereocenters. The number of hydrogen-bond acceptors (Lipinski definition) is 5. The normalized spacial score (nSPS) is 12.0. The fraction of sp³-hybridized carbons (Fsp3) is 0.364. The van der Waals surface area contributed by atoms with Gasteiger partial charge in [-0.05, 0) is 6.07 Å². The quantitative estimate of drug-likeness (QED) is 0.689. The molecule has 6 heteroatoms. The number of carboxylic acids is 1. The molecular weight excluding hydrogens is 226 g/mol. The van der Waals surface area contributed by atoms with E-state index in [9.17, 15) is 4.79 Å². The van der Waals surface area contributed by atoms with Crippen molar-refractivity contribution in [3.63, 3.8) is 0 Å². The van der Waals surface area contributed by atoms with Crippen molar-refractivity contribution in [3.05, 3.63) is 23.3 Å². The standard InChI is InChI=1S/C11H15NO5/c1-16-9-4-10(17-2)7(11(14)15)3-6(9)8(12)5-13/h3-4,8,13H,5,12H2,1-2H3,(H,14,15)/t8-/m0/s1. The van der Waals surface area contributed by atoms with Gasteiger partial charge in [0.25, 0.3) is 0 Å². The molecule has 6 nitrogen and oxygen atoms in total. The zero-order chi connectivity index (χ0) is 13.0. The van der Waals surface area contributed by atoms with Crippen molar-refractivity contribution in [1.29, 1.82) is 0 Å². The molecule has 1 rings (SSSR count). The van der Waals surface area contributed by atoms with Crippen LogP contribution < -0.4 is 15.2 Å². The Bertz CT molecular complexity index is 419. The third kappa shape index (κ3) is 2.66. The predicted molar refractivity (Wildman–Crippen MR) is 60.5 cm³/mol. The molecule has 17 heavy (non-hydrogen) atoms. The molecule has 0 aromatic heterocycles. The maximum atomic E-state index is 11.0. The summed E-state index contributed by atoms with van der Waals surface area (Å²) in [6.07, 6.45) is 0. The zero-order valence-corrected chi connectivity index (χ0v) is 9.64. The van der Waals surface area contributed by atoms with Gasteiger partial charge in [-0.15, -0.1) is 0 Å². The van der Waals surface area contributed by atoms with Crippen molar-refractivity contribution in [2.45, 2.75) is 6.04 Å². The molecule has 0 saturated heterocycles. The van der Waals surface area contributed by atoms with Crippen LogP contribution in [0, 0.1) is 0 Å². The molecule has 4 N–H and O–H groups in total. The van der Waals surface area contributed by atoms with Crippen LogP contribution in [0.4, 0.5) is 0 Å². The Morgan fingerprint density at radius 2 is 1.94 bits per heavy atom. The molecule has 0 saturated carbocycles. The number of benzene rings is 1. The molecule has 0 heterocycles. The second-order valence-electron chi connectivity index (χ2n) is 3.39. The summed E-state index contributed by atoms with van der Waals surface area (Å²) in [5.41, 5.74) is 6.07. The van der Waals surface area contributed by atoms with Gasteiger partial charge in [0.05, 0.1) is 26.9 Å². The molecule has 0 unspecified atom stereocenters. The third-order valence-corrected chi connectivity index (χ3v) is 2.38. The maximum Gasteiger partial charge on any atom is 0.339 e. The van der Waals surface area contributed by atoms with Crippen LogP contribution in [-0.2, 0) is 0 Å². The fourth-order valence-corrected chi connectivity index (χ4v) is 1.48. The second kappa shape index (κ2) is 5.51. The number of aliphatic hydroxyl groups excluding tert-OH is 1. The topological polar surface area (TPSA) is 102 Å². The van der Waals surface area contributed by atoms with Crippen molar-refractivity contribution in [1.82, 2.24) is 0 Å². The summed E-state index contributed by atoms with van der Waals surface area (Å²) in [5.74, 6) is -0.562. The number of methoxy groups -OCH3 is 2.